The molecule has 3 atom stereocenters. The maximum Gasteiger partial charge on any atom is 0.405 e. The summed E-state index contributed by atoms with van der Waals surface area (Å²) in [6.07, 6.45) is 0.418. The largest absolute Gasteiger partial charge is 0.465 e. The minimum Gasteiger partial charge on any atom is -0.465 e. The molecule has 4 rings (SSSR count). The van der Waals surface area contributed by atoms with E-state index in [-0.39, 0.29) is 18.1 Å². The van der Waals surface area contributed by atoms with Gasteiger partial charge >= 0.3 is 6.09 Å². The fourth-order valence-electron chi connectivity index (χ4n) is 4.74. The van der Waals surface area contributed by atoms with Gasteiger partial charge in [0.25, 0.3) is 0 Å². The van der Waals surface area contributed by atoms with Gasteiger partial charge in [-0.15, -0.1) is 11.8 Å². The summed E-state index contributed by atoms with van der Waals surface area (Å²) in [6.45, 7) is 2.00. The van der Waals surface area contributed by atoms with Crippen molar-refractivity contribution >= 4 is 35.4 Å². The van der Waals surface area contributed by atoms with Crippen LogP contribution in [0.3, 0.4) is 0 Å². The summed E-state index contributed by atoms with van der Waals surface area (Å²) in [5, 5.41) is 19.1. The average Bonchev–Trinajstić information content (AvgIpc) is 2.96. The lowest BCUT2D eigenvalue weighted by atomic mass is 9.84. The summed E-state index contributed by atoms with van der Waals surface area (Å²) in [7, 11) is 0. The molecular weight excluding hydrogens is 534 g/mol. The van der Waals surface area contributed by atoms with Crippen LogP contribution in [0, 0.1) is 0 Å². The second kappa shape index (κ2) is 14.9. The van der Waals surface area contributed by atoms with Gasteiger partial charge in [0.05, 0.1) is 12.2 Å². The Kier molecular flexibility index (Phi) is 11.1. The number of ether oxygens (including phenoxy) is 1. The SMILES string of the molecule is O=C(O)NC(C(=O)NCCCC1CNC[C@@H](CSc2ccc(Cl)cc2)O1)C(c1ccccc1)c1ccccc1. The second-order valence-electron chi connectivity index (χ2n) is 9.46. The molecular formula is C30H34ClN3O4S. The maximum atomic E-state index is 13.3. The van der Waals surface area contributed by atoms with Crippen LogP contribution in [0.4, 0.5) is 4.79 Å². The molecule has 0 aliphatic carbocycles. The van der Waals surface area contributed by atoms with E-state index in [4.69, 9.17) is 16.3 Å². The molecule has 0 aromatic heterocycles. The molecule has 2 unspecified atom stereocenters. The Balaban J connectivity index is 1.30. The second-order valence-corrected chi connectivity index (χ2v) is 11.0. The number of morpholine rings is 1. The Morgan fingerprint density at radius 3 is 2.18 bits per heavy atom. The third kappa shape index (κ3) is 9.00. The Labute approximate surface area is 238 Å². The van der Waals surface area contributed by atoms with E-state index in [1.807, 2.05) is 84.9 Å². The number of halogens is 1. The van der Waals surface area contributed by atoms with Crippen molar-refractivity contribution in [2.24, 2.45) is 0 Å². The fraction of sp³-hybridized carbons (Fsp3) is 0.333. The van der Waals surface area contributed by atoms with Crippen LogP contribution < -0.4 is 16.0 Å². The topological polar surface area (TPSA) is 99.7 Å². The summed E-state index contributed by atoms with van der Waals surface area (Å²) in [6, 6.07) is 25.8. The minimum atomic E-state index is -1.24. The lowest BCUT2D eigenvalue weighted by Crippen LogP contribution is -2.50. The zero-order chi connectivity index (χ0) is 27.5. The first-order valence-electron chi connectivity index (χ1n) is 13.1. The van der Waals surface area contributed by atoms with Crippen molar-refractivity contribution in [3.8, 4) is 0 Å². The molecule has 7 nitrogen and oxygen atoms in total. The number of amides is 2. The average molecular weight is 568 g/mol. The van der Waals surface area contributed by atoms with E-state index in [9.17, 15) is 14.7 Å². The van der Waals surface area contributed by atoms with Crippen LogP contribution in [0.15, 0.2) is 89.8 Å². The van der Waals surface area contributed by atoms with Crippen molar-refractivity contribution in [1.82, 2.24) is 16.0 Å². The number of hydrogen-bond acceptors (Lipinski definition) is 5. The van der Waals surface area contributed by atoms with Gasteiger partial charge in [-0.3, -0.25) is 4.79 Å². The molecule has 2 amide bonds. The van der Waals surface area contributed by atoms with Gasteiger partial charge in [-0.05, 0) is 48.2 Å². The van der Waals surface area contributed by atoms with E-state index < -0.39 is 18.1 Å². The van der Waals surface area contributed by atoms with Crippen LogP contribution in [-0.2, 0) is 9.53 Å². The first-order valence-corrected chi connectivity index (χ1v) is 14.5. The standard InChI is InChI=1S/C30H34ClN3O4S/c31-23-13-15-26(16-14-23)39-20-25-19-32-18-24(38-25)12-7-17-33-29(35)28(34-30(36)37)27(21-8-3-1-4-9-21)22-10-5-2-6-11-22/h1-6,8-11,13-16,24-25,27-28,32,34H,7,12,17-20H2,(H,33,35)(H,36,37)/t24?,25-,28?/m0/s1. The van der Waals surface area contributed by atoms with Gasteiger partial charge in [-0.2, -0.15) is 0 Å². The number of hydrogen-bond donors (Lipinski definition) is 4. The lowest BCUT2D eigenvalue weighted by Gasteiger charge is -2.31. The van der Waals surface area contributed by atoms with Crippen LogP contribution in [-0.4, -0.2) is 60.7 Å². The molecule has 4 N–H and O–H groups in total. The highest BCUT2D eigenvalue weighted by molar-refractivity contribution is 7.99. The van der Waals surface area contributed by atoms with E-state index in [0.717, 1.165) is 52.7 Å². The number of benzene rings is 3. The summed E-state index contributed by atoms with van der Waals surface area (Å²) in [4.78, 5) is 26.2. The normalized spacial score (nSPS) is 17.9. The molecule has 0 saturated carbocycles. The number of nitrogens with one attached hydrogen (secondary N) is 3. The van der Waals surface area contributed by atoms with Crippen molar-refractivity contribution < 1.29 is 19.4 Å². The molecule has 1 saturated heterocycles. The molecule has 9 heteroatoms. The highest BCUT2D eigenvalue weighted by Crippen LogP contribution is 2.28. The zero-order valence-corrected chi connectivity index (χ0v) is 23.2. The first-order chi connectivity index (χ1) is 19.0. The number of carboxylic acid groups (broad SMARTS) is 1. The van der Waals surface area contributed by atoms with Crippen LogP contribution in [0.5, 0.6) is 0 Å². The van der Waals surface area contributed by atoms with Gasteiger partial charge in [-0.1, -0.05) is 72.3 Å². The van der Waals surface area contributed by atoms with Crippen LogP contribution in [0.1, 0.15) is 29.9 Å². The smallest absolute Gasteiger partial charge is 0.405 e. The molecule has 1 aliphatic heterocycles. The van der Waals surface area contributed by atoms with Crippen molar-refractivity contribution in [3.63, 3.8) is 0 Å². The van der Waals surface area contributed by atoms with Gasteiger partial charge in [0, 0.05) is 41.2 Å². The summed E-state index contributed by atoms with van der Waals surface area (Å²) >= 11 is 7.71. The molecule has 1 heterocycles. The molecule has 1 aliphatic rings. The fourth-order valence-corrected chi connectivity index (χ4v) is 5.77. The summed E-state index contributed by atoms with van der Waals surface area (Å²) in [5.74, 6) is 0.0217. The van der Waals surface area contributed by atoms with E-state index in [0.29, 0.717) is 6.54 Å². The Morgan fingerprint density at radius 1 is 0.949 bits per heavy atom. The number of thioether (sulfide) groups is 1. The summed E-state index contributed by atoms with van der Waals surface area (Å²) < 4.78 is 6.28. The van der Waals surface area contributed by atoms with Gasteiger partial charge in [-0.25, -0.2) is 4.79 Å². The maximum absolute atomic E-state index is 13.3. The van der Waals surface area contributed by atoms with Gasteiger partial charge in [0.1, 0.15) is 6.04 Å². The Bertz CT molecular complexity index is 1140. The van der Waals surface area contributed by atoms with Crippen molar-refractivity contribution in [2.45, 2.75) is 41.9 Å². The number of carbonyl (C=O) groups is 2. The Hall–Kier alpha value is -3.04. The van der Waals surface area contributed by atoms with Crippen LogP contribution in [0.25, 0.3) is 0 Å². The molecule has 3 aromatic carbocycles. The number of rotatable bonds is 12. The van der Waals surface area contributed by atoms with Crippen molar-refractivity contribution in [2.75, 3.05) is 25.4 Å². The quantitative estimate of drug-likeness (QED) is 0.178. The van der Waals surface area contributed by atoms with E-state index in [1.54, 1.807) is 11.8 Å². The third-order valence-corrected chi connectivity index (χ3v) is 7.99. The Morgan fingerprint density at radius 2 is 1.56 bits per heavy atom. The van der Waals surface area contributed by atoms with Crippen LogP contribution in [0.2, 0.25) is 5.02 Å². The number of carbonyl (C=O) groups excluding carboxylic acids is 1. The predicted molar refractivity (Wildman–Crippen MR) is 156 cm³/mol. The summed E-state index contributed by atoms with van der Waals surface area (Å²) in [5.41, 5.74) is 1.73. The molecule has 0 radical (unpaired) electrons. The molecule has 0 bridgehead atoms. The lowest BCUT2D eigenvalue weighted by molar-refractivity contribution is -0.123. The monoisotopic (exact) mass is 567 g/mol. The van der Waals surface area contributed by atoms with E-state index in [1.165, 1.54) is 0 Å². The van der Waals surface area contributed by atoms with E-state index in [2.05, 4.69) is 16.0 Å². The van der Waals surface area contributed by atoms with Gasteiger partial charge < -0.3 is 25.8 Å². The third-order valence-electron chi connectivity index (χ3n) is 6.59. The first kappa shape index (κ1) is 29.0. The highest BCUT2D eigenvalue weighted by Gasteiger charge is 2.32. The zero-order valence-electron chi connectivity index (χ0n) is 21.6. The van der Waals surface area contributed by atoms with Gasteiger partial charge in [0.15, 0.2) is 0 Å². The van der Waals surface area contributed by atoms with E-state index >= 15 is 0 Å². The molecule has 3 aromatic rings. The van der Waals surface area contributed by atoms with Crippen molar-refractivity contribution in [3.05, 3.63) is 101 Å². The molecule has 39 heavy (non-hydrogen) atoms. The van der Waals surface area contributed by atoms with Crippen LogP contribution >= 0.6 is 23.4 Å². The predicted octanol–water partition coefficient (Wildman–Crippen LogP) is 5.15. The minimum absolute atomic E-state index is 0.0563. The molecule has 1 fully saturated rings. The highest BCUT2D eigenvalue weighted by atomic mass is 35.5. The molecule has 206 valence electrons. The van der Waals surface area contributed by atoms with Gasteiger partial charge in [0.2, 0.25) is 5.91 Å². The van der Waals surface area contributed by atoms with Crippen molar-refractivity contribution in [1.29, 1.82) is 0 Å². The molecule has 0 spiro atoms.